The second kappa shape index (κ2) is 8.22. The number of rotatable bonds is 6. The Kier molecular flexibility index (Phi) is 5.75. The van der Waals surface area contributed by atoms with Gasteiger partial charge < -0.3 is 5.32 Å². The highest BCUT2D eigenvalue weighted by Crippen LogP contribution is 2.24. The van der Waals surface area contributed by atoms with Crippen LogP contribution < -0.4 is 9.62 Å². The Morgan fingerprint density at radius 3 is 2.21 bits per heavy atom. The van der Waals surface area contributed by atoms with Crippen LogP contribution in [-0.4, -0.2) is 21.4 Å². The number of hydrogen-bond donors (Lipinski definition) is 1. The van der Waals surface area contributed by atoms with Crippen molar-refractivity contribution in [2.24, 2.45) is 0 Å². The third-order valence-electron chi connectivity index (χ3n) is 4.26. The molecule has 5 nitrogen and oxygen atoms in total. The van der Waals surface area contributed by atoms with Crippen LogP contribution in [0.15, 0.2) is 83.8 Å². The highest BCUT2D eigenvalue weighted by molar-refractivity contribution is 7.92. The van der Waals surface area contributed by atoms with E-state index in [1.165, 1.54) is 31.3 Å². The van der Waals surface area contributed by atoms with Crippen LogP contribution in [0.1, 0.15) is 15.9 Å². The molecule has 0 aromatic heterocycles. The fraction of sp³-hybridized carbons (Fsp3) is 0.0952. The van der Waals surface area contributed by atoms with E-state index in [1.807, 2.05) is 0 Å². The van der Waals surface area contributed by atoms with Gasteiger partial charge in [0, 0.05) is 13.6 Å². The van der Waals surface area contributed by atoms with Gasteiger partial charge in [0.25, 0.3) is 15.9 Å². The van der Waals surface area contributed by atoms with Crippen LogP contribution in [-0.2, 0) is 16.6 Å². The van der Waals surface area contributed by atoms with Gasteiger partial charge in [-0.25, -0.2) is 12.8 Å². The molecule has 0 aliphatic carbocycles. The van der Waals surface area contributed by atoms with E-state index in [9.17, 15) is 17.6 Å². The van der Waals surface area contributed by atoms with Gasteiger partial charge in [0.15, 0.2) is 0 Å². The van der Waals surface area contributed by atoms with Gasteiger partial charge in [0.1, 0.15) is 10.7 Å². The predicted molar refractivity (Wildman–Crippen MR) is 106 cm³/mol. The number of carbonyl (C=O) groups excluding carboxylic acids is 1. The summed E-state index contributed by atoms with van der Waals surface area (Å²) in [6.07, 6.45) is 0. The van der Waals surface area contributed by atoms with E-state index in [-0.39, 0.29) is 22.8 Å². The van der Waals surface area contributed by atoms with Crippen LogP contribution in [0, 0.1) is 5.82 Å². The molecule has 0 fully saturated rings. The Balaban J connectivity index is 1.85. The summed E-state index contributed by atoms with van der Waals surface area (Å²) in [7, 11) is -2.49. The number of anilines is 1. The highest BCUT2D eigenvalue weighted by atomic mass is 32.2. The van der Waals surface area contributed by atoms with Crippen molar-refractivity contribution < 1.29 is 17.6 Å². The quantitative estimate of drug-likeness (QED) is 0.690. The first-order valence-corrected chi connectivity index (χ1v) is 9.99. The van der Waals surface area contributed by atoms with Crippen molar-refractivity contribution in [1.29, 1.82) is 0 Å². The number of sulfonamides is 1. The largest absolute Gasteiger partial charge is 0.348 e. The third kappa shape index (κ3) is 4.20. The van der Waals surface area contributed by atoms with Crippen molar-refractivity contribution in [2.45, 2.75) is 11.4 Å². The van der Waals surface area contributed by atoms with Crippen LogP contribution in [0.25, 0.3) is 0 Å². The van der Waals surface area contributed by atoms with E-state index in [2.05, 4.69) is 5.32 Å². The van der Waals surface area contributed by atoms with Gasteiger partial charge >= 0.3 is 0 Å². The maximum absolute atomic E-state index is 13.1. The van der Waals surface area contributed by atoms with Gasteiger partial charge in [-0.15, -0.1) is 0 Å². The smallest absolute Gasteiger partial charge is 0.264 e. The zero-order chi connectivity index (χ0) is 20.1. The molecule has 7 heteroatoms. The lowest BCUT2D eigenvalue weighted by Crippen LogP contribution is -2.30. The van der Waals surface area contributed by atoms with Crippen molar-refractivity contribution in [1.82, 2.24) is 5.32 Å². The van der Waals surface area contributed by atoms with E-state index >= 15 is 0 Å². The number of nitrogens with one attached hydrogen (secondary N) is 1. The van der Waals surface area contributed by atoms with Crippen molar-refractivity contribution in [2.75, 3.05) is 11.4 Å². The standard InChI is InChI=1S/C21H19FN2O3S/c1-24(18-7-3-2-4-8-18)28(26,27)20-10-6-5-9-19(20)21(25)23-15-16-11-13-17(22)14-12-16/h2-14H,15H2,1H3,(H,23,25). The molecule has 0 heterocycles. The lowest BCUT2D eigenvalue weighted by Gasteiger charge is -2.21. The molecule has 0 saturated heterocycles. The fourth-order valence-electron chi connectivity index (χ4n) is 2.68. The first kappa shape index (κ1) is 19.6. The van der Waals surface area contributed by atoms with E-state index in [0.29, 0.717) is 11.3 Å². The van der Waals surface area contributed by atoms with Crippen molar-refractivity contribution in [3.8, 4) is 0 Å². The fourth-order valence-corrected chi connectivity index (χ4v) is 4.07. The summed E-state index contributed by atoms with van der Waals surface area (Å²) in [5.41, 5.74) is 1.24. The minimum Gasteiger partial charge on any atom is -0.348 e. The number of halogens is 1. The zero-order valence-electron chi connectivity index (χ0n) is 15.2. The van der Waals surface area contributed by atoms with Gasteiger partial charge in [-0.05, 0) is 42.0 Å². The summed E-state index contributed by atoms with van der Waals surface area (Å²) < 4.78 is 40.3. The molecule has 0 aliphatic rings. The van der Waals surface area contributed by atoms with Crippen LogP contribution in [0.3, 0.4) is 0 Å². The molecule has 0 bridgehead atoms. The number of hydrogen-bond acceptors (Lipinski definition) is 3. The Morgan fingerprint density at radius 2 is 1.54 bits per heavy atom. The molecule has 0 saturated carbocycles. The summed E-state index contributed by atoms with van der Waals surface area (Å²) in [5.74, 6) is -0.888. The molecule has 0 unspecified atom stereocenters. The molecule has 3 aromatic carbocycles. The molecule has 1 amide bonds. The van der Waals surface area contributed by atoms with E-state index in [1.54, 1.807) is 54.6 Å². The molecule has 0 spiro atoms. The number of benzene rings is 3. The van der Waals surface area contributed by atoms with Crippen LogP contribution >= 0.6 is 0 Å². The Labute approximate surface area is 163 Å². The molecule has 1 N–H and O–H groups in total. The molecule has 0 radical (unpaired) electrons. The summed E-state index contributed by atoms with van der Waals surface area (Å²) in [5, 5.41) is 2.68. The van der Waals surface area contributed by atoms with Gasteiger partial charge in [-0.1, -0.05) is 42.5 Å². The zero-order valence-corrected chi connectivity index (χ0v) is 16.0. The molecule has 28 heavy (non-hydrogen) atoms. The number of amides is 1. The summed E-state index contributed by atoms with van der Waals surface area (Å²) in [6.45, 7) is 0.155. The molecule has 144 valence electrons. The van der Waals surface area contributed by atoms with Crippen molar-refractivity contribution >= 4 is 21.6 Å². The third-order valence-corrected chi connectivity index (χ3v) is 6.10. The summed E-state index contributed by atoms with van der Waals surface area (Å²) >= 11 is 0. The number of para-hydroxylation sites is 1. The van der Waals surface area contributed by atoms with Gasteiger partial charge in [-0.3, -0.25) is 9.10 Å². The summed E-state index contributed by atoms with van der Waals surface area (Å²) in [4.78, 5) is 12.6. The van der Waals surface area contributed by atoms with E-state index in [0.717, 1.165) is 4.31 Å². The van der Waals surface area contributed by atoms with Crippen LogP contribution in [0.2, 0.25) is 0 Å². The maximum Gasteiger partial charge on any atom is 0.264 e. The number of nitrogens with zero attached hydrogens (tertiary/aromatic N) is 1. The van der Waals surface area contributed by atoms with Gasteiger partial charge in [0.2, 0.25) is 0 Å². The monoisotopic (exact) mass is 398 g/mol. The maximum atomic E-state index is 13.1. The van der Waals surface area contributed by atoms with E-state index < -0.39 is 15.9 Å². The molecular formula is C21H19FN2O3S. The second-order valence-corrected chi connectivity index (χ2v) is 8.05. The molecule has 0 aliphatic heterocycles. The van der Waals surface area contributed by atoms with Crippen LogP contribution in [0.4, 0.5) is 10.1 Å². The first-order valence-electron chi connectivity index (χ1n) is 8.55. The van der Waals surface area contributed by atoms with Gasteiger partial charge in [-0.2, -0.15) is 0 Å². The first-order chi connectivity index (χ1) is 13.4. The summed E-state index contributed by atoms with van der Waals surface area (Å²) in [6, 6.07) is 20.4. The van der Waals surface area contributed by atoms with Crippen LogP contribution in [0.5, 0.6) is 0 Å². The van der Waals surface area contributed by atoms with Crippen molar-refractivity contribution in [3.05, 3.63) is 95.8 Å². The minimum absolute atomic E-state index is 0.0485. The average molecular weight is 398 g/mol. The van der Waals surface area contributed by atoms with Crippen molar-refractivity contribution in [3.63, 3.8) is 0 Å². The highest BCUT2D eigenvalue weighted by Gasteiger charge is 2.26. The Bertz CT molecular complexity index is 1070. The second-order valence-electron chi connectivity index (χ2n) is 6.11. The minimum atomic E-state index is -3.93. The molecular weight excluding hydrogens is 379 g/mol. The predicted octanol–water partition coefficient (Wildman–Crippen LogP) is 3.58. The Morgan fingerprint density at radius 1 is 0.929 bits per heavy atom. The topological polar surface area (TPSA) is 66.5 Å². The lowest BCUT2D eigenvalue weighted by atomic mass is 10.2. The SMILES string of the molecule is CN(c1ccccc1)S(=O)(=O)c1ccccc1C(=O)NCc1ccc(F)cc1. The molecule has 0 atom stereocenters. The molecule has 3 aromatic rings. The Hall–Kier alpha value is -3.19. The average Bonchev–Trinajstić information content (AvgIpc) is 2.73. The van der Waals surface area contributed by atoms with Gasteiger partial charge in [0.05, 0.1) is 11.3 Å². The number of carbonyl (C=O) groups is 1. The lowest BCUT2D eigenvalue weighted by molar-refractivity contribution is 0.0947. The normalized spacial score (nSPS) is 11.1. The molecule has 3 rings (SSSR count). The van der Waals surface area contributed by atoms with E-state index in [4.69, 9.17) is 0 Å².